The summed E-state index contributed by atoms with van der Waals surface area (Å²) >= 11 is 0. The van der Waals surface area contributed by atoms with Crippen molar-refractivity contribution in [2.24, 2.45) is 0 Å². The van der Waals surface area contributed by atoms with Crippen molar-refractivity contribution in [1.82, 2.24) is 10.6 Å². The number of para-hydroxylation sites is 2. The molecule has 0 aliphatic carbocycles. The molecular formula is C24H24N2O4. The summed E-state index contributed by atoms with van der Waals surface area (Å²) in [5.41, 5.74) is 1.88. The van der Waals surface area contributed by atoms with Crippen molar-refractivity contribution in [3.8, 4) is 11.5 Å². The molecule has 6 nitrogen and oxygen atoms in total. The molecule has 0 aliphatic rings. The molecule has 2 N–H and O–H groups in total. The first kappa shape index (κ1) is 20.9. The summed E-state index contributed by atoms with van der Waals surface area (Å²) in [6.07, 6.45) is 0. The number of hydrogen-bond donors (Lipinski definition) is 2. The average molecular weight is 404 g/mol. The lowest BCUT2D eigenvalue weighted by atomic mass is 10.1. The molecule has 0 aromatic heterocycles. The van der Waals surface area contributed by atoms with Gasteiger partial charge in [-0.3, -0.25) is 9.59 Å². The predicted molar refractivity (Wildman–Crippen MR) is 114 cm³/mol. The van der Waals surface area contributed by atoms with E-state index in [1.807, 2.05) is 60.7 Å². The van der Waals surface area contributed by atoms with Gasteiger partial charge < -0.3 is 20.1 Å². The van der Waals surface area contributed by atoms with Gasteiger partial charge in [-0.15, -0.1) is 0 Å². The molecule has 0 saturated carbocycles. The molecule has 0 unspecified atom stereocenters. The van der Waals surface area contributed by atoms with Crippen LogP contribution in [0.2, 0.25) is 0 Å². The zero-order valence-electron chi connectivity index (χ0n) is 16.5. The molecule has 0 saturated heterocycles. The van der Waals surface area contributed by atoms with E-state index in [-0.39, 0.29) is 25.0 Å². The van der Waals surface area contributed by atoms with Crippen LogP contribution in [0.5, 0.6) is 11.5 Å². The Balaban J connectivity index is 1.38. The molecule has 0 heterocycles. The topological polar surface area (TPSA) is 76.7 Å². The lowest BCUT2D eigenvalue weighted by Gasteiger charge is -2.10. The summed E-state index contributed by atoms with van der Waals surface area (Å²) in [5, 5.41) is 5.66. The average Bonchev–Trinajstić information content (AvgIpc) is 2.80. The zero-order chi connectivity index (χ0) is 21.0. The molecule has 6 heteroatoms. The Labute approximate surface area is 175 Å². The highest BCUT2D eigenvalue weighted by molar-refractivity contribution is 5.78. The van der Waals surface area contributed by atoms with Gasteiger partial charge in [0, 0.05) is 13.1 Å². The minimum Gasteiger partial charge on any atom is -0.484 e. The van der Waals surface area contributed by atoms with Crippen molar-refractivity contribution >= 4 is 11.8 Å². The van der Waals surface area contributed by atoms with Gasteiger partial charge in [0.1, 0.15) is 11.5 Å². The van der Waals surface area contributed by atoms with Crippen LogP contribution in [-0.2, 0) is 22.7 Å². The first-order valence-corrected chi connectivity index (χ1v) is 9.66. The van der Waals surface area contributed by atoms with E-state index in [9.17, 15) is 9.59 Å². The maximum atomic E-state index is 12.0. The first-order valence-electron chi connectivity index (χ1n) is 9.66. The van der Waals surface area contributed by atoms with E-state index in [0.717, 1.165) is 11.1 Å². The minimum atomic E-state index is -0.199. The van der Waals surface area contributed by atoms with Gasteiger partial charge in [-0.25, -0.2) is 0 Å². The van der Waals surface area contributed by atoms with Crippen LogP contribution in [0.4, 0.5) is 0 Å². The quantitative estimate of drug-likeness (QED) is 0.545. The van der Waals surface area contributed by atoms with E-state index in [2.05, 4.69) is 10.6 Å². The van der Waals surface area contributed by atoms with Gasteiger partial charge >= 0.3 is 0 Å². The summed E-state index contributed by atoms with van der Waals surface area (Å²) in [4.78, 5) is 23.9. The van der Waals surface area contributed by atoms with E-state index in [4.69, 9.17) is 9.47 Å². The summed E-state index contributed by atoms with van der Waals surface area (Å²) in [6.45, 7) is 0.689. The molecular weight excluding hydrogens is 380 g/mol. The third-order valence-corrected chi connectivity index (χ3v) is 4.20. The second-order valence-electron chi connectivity index (χ2n) is 6.58. The molecule has 154 valence electrons. The largest absolute Gasteiger partial charge is 0.484 e. The summed E-state index contributed by atoms with van der Waals surface area (Å²) in [6, 6.07) is 26.1. The van der Waals surface area contributed by atoms with Gasteiger partial charge in [0.2, 0.25) is 0 Å². The monoisotopic (exact) mass is 404 g/mol. The van der Waals surface area contributed by atoms with Crippen LogP contribution in [0, 0.1) is 0 Å². The maximum absolute atomic E-state index is 12.0. The molecule has 0 radical (unpaired) electrons. The number of carbonyl (C=O) groups is 2. The first-order chi connectivity index (χ1) is 14.7. The molecule has 3 aromatic rings. The maximum Gasteiger partial charge on any atom is 0.258 e. The molecule has 3 aromatic carbocycles. The Hall–Kier alpha value is -3.80. The van der Waals surface area contributed by atoms with Crippen LogP contribution in [0.15, 0.2) is 84.9 Å². The fourth-order valence-electron chi connectivity index (χ4n) is 2.68. The molecule has 0 aliphatic heterocycles. The zero-order valence-corrected chi connectivity index (χ0v) is 16.5. The summed E-state index contributed by atoms with van der Waals surface area (Å²) in [7, 11) is 0. The Morgan fingerprint density at radius 2 is 1.03 bits per heavy atom. The van der Waals surface area contributed by atoms with E-state index < -0.39 is 0 Å². The fourth-order valence-corrected chi connectivity index (χ4v) is 2.68. The molecule has 0 spiro atoms. The highest BCUT2D eigenvalue weighted by atomic mass is 16.5. The number of rotatable bonds is 10. The summed E-state index contributed by atoms with van der Waals surface area (Å²) < 4.78 is 10.9. The van der Waals surface area contributed by atoms with Crippen molar-refractivity contribution < 1.29 is 19.1 Å². The highest BCUT2D eigenvalue weighted by Crippen LogP contribution is 2.09. The van der Waals surface area contributed by atoms with Crippen LogP contribution in [0.25, 0.3) is 0 Å². The Morgan fingerprint density at radius 1 is 0.600 bits per heavy atom. The van der Waals surface area contributed by atoms with Crippen molar-refractivity contribution in [3.63, 3.8) is 0 Å². The van der Waals surface area contributed by atoms with E-state index >= 15 is 0 Å². The van der Waals surface area contributed by atoms with Crippen molar-refractivity contribution in [3.05, 3.63) is 96.1 Å². The van der Waals surface area contributed by atoms with Gasteiger partial charge in [0.15, 0.2) is 13.2 Å². The second kappa shape index (κ2) is 11.3. The van der Waals surface area contributed by atoms with Crippen LogP contribution in [0.3, 0.4) is 0 Å². The SMILES string of the molecule is O=C(COc1ccccc1)NCc1cccc(CNC(=O)COc2ccccc2)c1. The van der Waals surface area contributed by atoms with Gasteiger partial charge in [0.25, 0.3) is 11.8 Å². The van der Waals surface area contributed by atoms with Crippen LogP contribution < -0.4 is 20.1 Å². The number of nitrogens with one attached hydrogen (secondary N) is 2. The van der Waals surface area contributed by atoms with Gasteiger partial charge in [-0.1, -0.05) is 60.7 Å². The molecule has 30 heavy (non-hydrogen) atoms. The van der Waals surface area contributed by atoms with Crippen LogP contribution >= 0.6 is 0 Å². The number of hydrogen-bond acceptors (Lipinski definition) is 4. The van der Waals surface area contributed by atoms with Gasteiger partial charge in [0.05, 0.1) is 0 Å². The lowest BCUT2D eigenvalue weighted by molar-refractivity contribution is -0.124. The molecule has 0 atom stereocenters. The van der Waals surface area contributed by atoms with Crippen molar-refractivity contribution in [1.29, 1.82) is 0 Å². The second-order valence-corrected chi connectivity index (χ2v) is 6.58. The van der Waals surface area contributed by atoms with Gasteiger partial charge in [-0.05, 0) is 35.4 Å². The highest BCUT2D eigenvalue weighted by Gasteiger charge is 2.05. The third-order valence-electron chi connectivity index (χ3n) is 4.20. The van der Waals surface area contributed by atoms with Crippen molar-refractivity contribution in [2.75, 3.05) is 13.2 Å². The number of carbonyl (C=O) groups excluding carboxylic acids is 2. The number of ether oxygens (including phenoxy) is 2. The van der Waals surface area contributed by atoms with Gasteiger partial charge in [-0.2, -0.15) is 0 Å². The van der Waals surface area contributed by atoms with Crippen molar-refractivity contribution in [2.45, 2.75) is 13.1 Å². The smallest absolute Gasteiger partial charge is 0.258 e. The molecule has 0 bridgehead atoms. The summed E-state index contributed by atoms with van der Waals surface area (Å²) in [5.74, 6) is 0.912. The number of benzene rings is 3. The molecule has 0 fully saturated rings. The van der Waals surface area contributed by atoms with E-state index in [0.29, 0.717) is 24.6 Å². The lowest BCUT2D eigenvalue weighted by Crippen LogP contribution is -2.29. The molecule has 3 rings (SSSR count). The van der Waals surface area contributed by atoms with Crippen LogP contribution in [0.1, 0.15) is 11.1 Å². The standard InChI is InChI=1S/C24H24N2O4/c27-23(17-29-21-10-3-1-4-11-21)25-15-19-8-7-9-20(14-19)16-26-24(28)18-30-22-12-5-2-6-13-22/h1-14H,15-18H2,(H,25,27)(H,26,28). The predicted octanol–water partition coefficient (Wildman–Crippen LogP) is 3.08. The Kier molecular flexibility index (Phi) is 7.85. The third kappa shape index (κ3) is 7.31. The fraction of sp³-hybridized carbons (Fsp3) is 0.167. The van der Waals surface area contributed by atoms with E-state index in [1.54, 1.807) is 24.3 Å². The van der Waals surface area contributed by atoms with E-state index in [1.165, 1.54) is 0 Å². The Morgan fingerprint density at radius 3 is 1.47 bits per heavy atom. The Bertz CT molecular complexity index is 871. The molecule has 2 amide bonds. The normalized spacial score (nSPS) is 10.1. The minimum absolute atomic E-state index is 0.0405. The van der Waals surface area contributed by atoms with Crippen LogP contribution in [-0.4, -0.2) is 25.0 Å². The number of amides is 2.